The minimum Gasteiger partial charge on any atom is -0.356 e. The van der Waals surface area contributed by atoms with E-state index < -0.39 is 0 Å². The summed E-state index contributed by atoms with van der Waals surface area (Å²) in [4.78, 5) is 11.5. The molecule has 6 heteroatoms. The van der Waals surface area contributed by atoms with Gasteiger partial charge in [-0.3, -0.25) is 14.9 Å². The second-order valence-electron chi connectivity index (χ2n) is 7.83. The van der Waals surface area contributed by atoms with Crippen molar-refractivity contribution in [2.45, 2.75) is 70.4 Å². The summed E-state index contributed by atoms with van der Waals surface area (Å²) in [6, 6.07) is 5.56. The Balaban J connectivity index is 0.00000261. The lowest BCUT2D eigenvalue weighted by molar-refractivity contribution is 0.115. The van der Waals surface area contributed by atoms with E-state index in [1.807, 2.05) is 20.2 Å². The number of rotatable bonds is 5. The first-order valence-corrected chi connectivity index (χ1v) is 10.4. The predicted octanol–water partition coefficient (Wildman–Crippen LogP) is 3.51. The molecule has 0 aromatic carbocycles. The van der Waals surface area contributed by atoms with Gasteiger partial charge < -0.3 is 10.6 Å². The Kier molecular flexibility index (Phi) is 9.82. The Hall–Kier alpha value is -0.890. The average molecular weight is 485 g/mol. The summed E-state index contributed by atoms with van der Waals surface area (Å²) >= 11 is 0. The van der Waals surface area contributed by atoms with E-state index in [0.29, 0.717) is 6.04 Å². The Morgan fingerprint density at radius 1 is 1.19 bits per heavy atom. The molecule has 1 atom stereocenters. The maximum atomic E-state index is 4.43. The number of aliphatic imine (C=N–C) groups is 1. The quantitative estimate of drug-likeness (QED) is 0.381. The number of likely N-dealkylation sites (tertiary alicyclic amines) is 1. The second kappa shape index (κ2) is 11.8. The number of pyridine rings is 1. The summed E-state index contributed by atoms with van der Waals surface area (Å²) in [6.45, 7) is 5.33. The van der Waals surface area contributed by atoms with Crippen molar-refractivity contribution in [3.05, 3.63) is 29.6 Å². The van der Waals surface area contributed by atoms with Crippen molar-refractivity contribution in [2.24, 2.45) is 4.99 Å². The number of guanidine groups is 1. The van der Waals surface area contributed by atoms with Crippen molar-refractivity contribution in [1.82, 2.24) is 20.5 Å². The Bertz CT molecular complexity index is 568. The van der Waals surface area contributed by atoms with Crippen LogP contribution >= 0.6 is 24.0 Å². The van der Waals surface area contributed by atoms with Gasteiger partial charge in [-0.15, -0.1) is 24.0 Å². The molecule has 5 nitrogen and oxygen atoms in total. The zero-order valence-corrected chi connectivity index (χ0v) is 19.2. The number of halogens is 1. The fourth-order valence-electron chi connectivity index (χ4n) is 4.26. The number of nitrogens with zero attached hydrogens (tertiary/aromatic N) is 3. The van der Waals surface area contributed by atoms with Crippen molar-refractivity contribution in [1.29, 1.82) is 0 Å². The minimum atomic E-state index is 0. The Morgan fingerprint density at radius 2 is 2.00 bits per heavy atom. The lowest BCUT2D eigenvalue weighted by Gasteiger charge is -2.40. The first kappa shape index (κ1) is 22.4. The summed E-state index contributed by atoms with van der Waals surface area (Å²) in [5, 5.41) is 7.12. The van der Waals surface area contributed by atoms with Crippen molar-refractivity contribution >= 4 is 29.9 Å². The standard InChI is InChI=1S/C21H35N5.HI/c1-17-10-11-18(15-24-17)12-13-23-21(22-2)25-19-7-6-14-26(16-19)20-8-4-3-5-9-20;/h10-11,15,19-20H,3-9,12-14,16H2,1-2H3,(H2,22,23,25);1H. The molecule has 0 spiro atoms. The molecule has 152 valence electrons. The van der Waals surface area contributed by atoms with Crippen LogP contribution in [0, 0.1) is 6.92 Å². The molecule has 2 heterocycles. The largest absolute Gasteiger partial charge is 0.356 e. The van der Waals surface area contributed by atoms with E-state index in [1.165, 1.54) is 57.1 Å². The molecule has 1 saturated carbocycles. The van der Waals surface area contributed by atoms with Gasteiger partial charge in [-0.1, -0.05) is 25.3 Å². The van der Waals surface area contributed by atoms with Crippen molar-refractivity contribution < 1.29 is 0 Å². The van der Waals surface area contributed by atoms with E-state index in [0.717, 1.165) is 37.2 Å². The van der Waals surface area contributed by atoms with E-state index in [9.17, 15) is 0 Å². The van der Waals surface area contributed by atoms with Crippen LogP contribution in [0.5, 0.6) is 0 Å². The topological polar surface area (TPSA) is 52.6 Å². The van der Waals surface area contributed by atoms with Crippen molar-refractivity contribution in [2.75, 3.05) is 26.7 Å². The first-order chi connectivity index (χ1) is 12.7. The highest BCUT2D eigenvalue weighted by atomic mass is 127. The molecule has 3 rings (SSSR count). The van der Waals surface area contributed by atoms with Crippen molar-refractivity contribution in [3.63, 3.8) is 0 Å². The minimum absolute atomic E-state index is 0. The van der Waals surface area contributed by atoms with Gasteiger partial charge in [0.05, 0.1) is 0 Å². The van der Waals surface area contributed by atoms with Gasteiger partial charge in [-0.2, -0.15) is 0 Å². The fourth-order valence-corrected chi connectivity index (χ4v) is 4.26. The highest BCUT2D eigenvalue weighted by Gasteiger charge is 2.27. The van der Waals surface area contributed by atoms with E-state index >= 15 is 0 Å². The maximum Gasteiger partial charge on any atom is 0.191 e. The van der Waals surface area contributed by atoms with E-state index in [-0.39, 0.29) is 24.0 Å². The molecule has 1 unspecified atom stereocenters. The van der Waals surface area contributed by atoms with E-state index in [1.54, 1.807) is 0 Å². The van der Waals surface area contributed by atoms with Crippen LogP contribution in [0.4, 0.5) is 0 Å². The third kappa shape index (κ3) is 7.22. The summed E-state index contributed by atoms with van der Waals surface area (Å²) in [5.74, 6) is 0.931. The molecule has 0 amide bonds. The number of piperidine rings is 1. The molecular formula is C21H36IN5. The van der Waals surface area contributed by atoms with Gasteiger partial charge in [0.1, 0.15) is 0 Å². The van der Waals surface area contributed by atoms with Crippen LogP contribution in [0.3, 0.4) is 0 Å². The van der Waals surface area contributed by atoms with Crippen LogP contribution < -0.4 is 10.6 Å². The lowest BCUT2D eigenvalue weighted by Crippen LogP contribution is -2.53. The van der Waals surface area contributed by atoms with Gasteiger partial charge in [0.25, 0.3) is 0 Å². The zero-order chi connectivity index (χ0) is 18.2. The van der Waals surface area contributed by atoms with Gasteiger partial charge in [0.15, 0.2) is 5.96 Å². The van der Waals surface area contributed by atoms with Crippen LogP contribution in [0.1, 0.15) is 56.2 Å². The summed E-state index contributed by atoms with van der Waals surface area (Å²) < 4.78 is 0. The van der Waals surface area contributed by atoms with Crippen LogP contribution in [-0.2, 0) is 6.42 Å². The van der Waals surface area contributed by atoms with Gasteiger partial charge in [0.2, 0.25) is 0 Å². The maximum absolute atomic E-state index is 4.43. The molecule has 1 saturated heterocycles. The molecule has 1 aromatic rings. The van der Waals surface area contributed by atoms with Gasteiger partial charge in [-0.05, 0) is 57.2 Å². The number of hydrogen-bond acceptors (Lipinski definition) is 3. The normalized spacial score (nSPS) is 22.1. The van der Waals surface area contributed by atoms with Gasteiger partial charge in [-0.25, -0.2) is 0 Å². The molecule has 27 heavy (non-hydrogen) atoms. The third-order valence-corrected chi connectivity index (χ3v) is 5.79. The van der Waals surface area contributed by atoms with E-state index in [2.05, 4.69) is 37.6 Å². The highest BCUT2D eigenvalue weighted by molar-refractivity contribution is 14.0. The highest BCUT2D eigenvalue weighted by Crippen LogP contribution is 2.25. The zero-order valence-electron chi connectivity index (χ0n) is 16.9. The summed E-state index contributed by atoms with van der Waals surface area (Å²) in [7, 11) is 1.87. The molecule has 0 radical (unpaired) electrons. The summed E-state index contributed by atoms with van der Waals surface area (Å²) in [6.07, 6.45) is 12.5. The van der Waals surface area contributed by atoms with E-state index in [4.69, 9.17) is 0 Å². The molecule has 2 fully saturated rings. The van der Waals surface area contributed by atoms with Gasteiger partial charge in [0, 0.05) is 44.1 Å². The van der Waals surface area contributed by atoms with Crippen LogP contribution in [-0.4, -0.2) is 54.6 Å². The molecule has 0 bridgehead atoms. The SMILES string of the molecule is CN=C(NCCc1ccc(C)nc1)NC1CCCN(C2CCCCC2)C1.I. The number of aromatic nitrogens is 1. The molecule has 1 aliphatic heterocycles. The second-order valence-corrected chi connectivity index (χ2v) is 7.83. The number of nitrogens with one attached hydrogen (secondary N) is 2. The predicted molar refractivity (Wildman–Crippen MR) is 124 cm³/mol. The smallest absolute Gasteiger partial charge is 0.191 e. The van der Waals surface area contributed by atoms with Crippen LogP contribution in [0.15, 0.2) is 23.3 Å². The lowest BCUT2D eigenvalue weighted by atomic mass is 9.92. The Morgan fingerprint density at radius 3 is 2.70 bits per heavy atom. The first-order valence-electron chi connectivity index (χ1n) is 10.4. The molecule has 1 aromatic heterocycles. The van der Waals surface area contributed by atoms with Crippen LogP contribution in [0.2, 0.25) is 0 Å². The van der Waals surface area contributed by atoms with Crippen LogP contribution in [0.25, 0.3) is 0 Å². The van der Waals surface area contributed by atoms with Gasteiger partial charge >= 0.3 is 0 Å². The van der Waals surface area contributed by atoms with Crippen molar-refractivity contribution in [3.8, 4) is 0 Å². The monoisotopic (exact) mass is 485 g/mol. The molecule has 2 N–H and O–H groups in total. The third-order valence-electron chi connectivity index (χ3n) is 5.79. The average Bonchev–Trinajstić information content (AvgIpc) is 2.69. The molecule has 2 aliphatic rings. The molecular weight excluding hydrogens is 449 g/mol. The number of aryl methyl sites for hydroxylation is 1. The fraction of sp³-hybridized carbons (Fsp3) is 0.714. The summed E-state index contributed by atoms with van der Waals surface area (Å²) in [5.41, 5.74) is 2.33. The number of hydrogen-bond donors (Lipinski definition) is 2. The molecule has 1 aliphatic carbocycles. The Labute approximate surface area is 181 Å².